The molecule has 0 saturated heterocycles. The summed E-state index contributed by atoms with van der Waals surface area (Å²) < 4.78 is 9.63. The van der Waals surface area contributed by atoms with Crippen molar-refractivity contribution in [1.82, 2.24) is 0 Å². The highest BCUT2D eigenvalue weighted by Gasteiger charge is 2.14. The van der Waals surface area contributed by atoms with E-state index in [0.29, 0.717) is 11.3 Å². The van der Waals surface area contributed by atoms with Gasteiger partial charge < -0.3 is 9.47 Å². The SMILES string of the molecule is COC(=O)c1c(C)cc(OC(C)=O)cc1C. The van der Waals surface area contributed by atoms with Gasteiger partial charge in [0.1, 0.15) is 5.75 Å². The van der Waals surface area contributed by atoms with Crippen LogP contribution in [0.15, 0.2) is 12.1 Å². The second-order valence-electron chi connectivity index (χ2n) is 3.52. The van der Waals surface area contributed by atoms with Crippen molar-refractivity contribution in [3.05, 3.63) is 28.8 Å². The molecule has 0 aliphatic carbocycles. The minimum Gasteiger partial charge on any atom is -0.465 e. The van der Waals surface area contributed by atoms with E-state index in [1.165, 1.54) is 14.0 Å². The van der Waals surface area contributed by atoms with E-state index in [0.717, 1.165) is 11.1 Å². The average Bonchev–Trinajstić information content (AvgIpc) is 2.15. The first kappa shape index (κ1) is 12.2. The lowest BCUT2D eigenvalue weighted by molar-refractivity contribution is -0.131. The molecule has 0 heterocycles. The van der Waals surface area contributed by atoms with Crippen LogP contribution in [-0.4, -0.2) is 19.0 Å². The molecule has 4 nitrogen and oxygen atoms in total. The molecule has 0 atom stereocenters. The van der Waals surface area contributed by atoms with Crippen molar-refractivity contribution >= 4 is 11.9 Å². The first-order valence-corrected chi connectivity index (χ1v) is 4.83. The summed E-state index contributed by atoms with van der Waals surface area (Å²) in [6.07, 6.45) is 0. The van der Waals surface area contributed by atoms with Gasteiger partial charge in [-0.2, -0.15) is 0 Å². The topological polar surface area (TPSA) is 52.6 Å². The van der Waals surface area contributed by atoms with Crippen LogP contribution in [0.3, 0.4) is 0 Å². The molecule has 0 N–H and O–H groups in total. The summed E-state index contributed by atoms with van der Waals surface area (Å²) in [7, 11) is 1.33. The van der Waals surface area contributed by atoms with E-state index in [4.69, 9.17) is 4.74 Å². The van der Waals surface area contributed by atoms with Crippen LogP contribution in [0, 0.1) is 13.8 Å². The molecule has 1 rings (SSSR count). The highest BCUT2D eigenvalue weighted by atomic mass is 16.5. The lowest BCUT2D eigenvalue weighted by Crippen LogP contribution is -2.08. The van der Waals surface area contributed by atoms with E-state index >= 15 is 0 Å². The molecule has 0 spiro atoms. The van der Waals surface area contributed by atoms with E-state index in [-0.39, 0.29) is 11.9 Å². The van der Waals surface area contributed by atoms with E-state index in [9.17, 15) is 9.59 Å². The molecule has 0 bridgehead atoms. The number of hydrogen-bond donors (Lipinski definition) is 0. The normalized spacial score (nSPS) is 9.75. The smallest absolute Gasteiger partial charge is 0.338 e. The summed E-state index contributed by atoms with van der Waals surface area (Å²) in [5.41, 5.74) is 1.96. The summed E-state index contributed by atoms with van der Waals surface area (Å²) in [5, 5.41) is 0. The fourth-order valence-corrected chi connectivity index (χ4v) is 1.57. The Morgan fingerprint density at radius 3 is 2.00 bits per heavy atom. The van der Waals surface area contributed by atoms with E-state index in [1.807, 2.05) is 0 Å². The highest BCUT2D eigenvalue weighted by Crippen LogP contribution is 2.22. The minimum atomic E-state index is -0.385. The Morgan fingerprint density at radius 1 is 1.12 bits per heavy atom. The predicted octanol–water partition coefficient (Wildman–Crippen LogP) is 2.02. The Bertz CT molecular complexity index is 412. The van der Waals surface area contributed by atoms with Crippen molar-refractivity contribution in [1.29, 1.82) is 0 Å². The Morgan fingerprint density at radius 2 is 1.62 bits per heavy atom. The predicted molar refractivity (Wildman–Crippen MR) is 58.6 cm³/mol. The Balaban J connectivity index is 3.17. The monoisotopic (exact) mass is 222 g/mol. The highest BCUT2D eigenvalue weighted by molar-refractivity contribution is 5.93. The van der Waals surface area contributed by atoms with Gasteiger partial charge in [0.2, 0.25) is 0 Å². The number of esters is 2. The third-order valence-corrected chi connectivity index (χ3v) is 2.16. The van der Waals surface area contributed by atoms with Crippen LogP contribution in [0.5, 0.6) is 5.75 Å². The van der Waals surface area contributed by atoms with Gasteiger partial charge in [-0.25, -0.2) is 4.79 Å². The van der Waals surface area contributed by atoms with E-state index < -0.39 is 0 Å². The van der Waals surface area contributed by atoms with Crippen molar-refractivity contribution < 1.29 is 19.1 Å². The molecule has 4 heteroatoms. The van der Waals surface area contributed by atoms with Crippen molar-refractivity contribution in [3.8, 4) is 5.75 Å². The van der Waals surface area contributed by atoms with Crippen LogP contribution >= 0.6 is 0 Å². The van der Waals surface area contributed by atoms with E-state index in [2.05, 4.69) is 4.74 Å². The molecule has 0 saturated carbocycles. The second kappa shape index (κ2) is 4.79. The van der Waals surface area contributed by atoms with Crippen LogP contribution in [0.2, 0.25) is 0 Å². The fourth-order valence-electron chi connectivity index (χ4n) is 1.57. The van der Waals surface area contributed by atoms with Crippen LogP contribution in [-0.2, 0) is 9.53 Å². The zero-order chi connectivity index (χ0) is 12.3. The number of carbonyl (C=O) groups is 2. The first-order valence-electron chi connectivity index (χ1n) is 4.83. The largest absolute Gasteiger partial charge is 0.465 e. The van der Waals surface area contributed by atoms with Gasteiger partial charge >= 0.3 is 11.9 Å². The van der Waals surface area contributed by atoms with Crippen LogP contribution in [0.1, 0.15) is 28.4 Å². The average molecular weight is 222 g/mol. The summed E-state index contributed by atoms with van der Waals surface area (Å²) >= 11 is 0. The number of rotatable bonds is 2. The summed E-state index contributed by atoms with van der Waals surface area (Å²) in [5.74, 6) is -0.329. The van der Waals surface area contributed by atoms with Crippen LogP contribution < -0.4 is 4.74 Å². The summed E-state index contributed by atoms with van der Waals surface area (Å²) in [6.45, 7) is 4.87. The third kappa shape index (κ3) is 2.59. The molecule has 0 aliphatic heterocycles. The van der Waals surface area contributed by atoms with Gasteiger partial charge in [0.25, 0.3) is 0 Å². The number of methoxy groups -OCH3 is 1. The molecule has 16 heavy (non-hydrogen) atoms. The van der Waals surface area contributed by atoms with Crippen LogP contribution in [0.4, 0.5) is 0 Å². The molecule has 0 unspecified atom stereocenters. The summed E-state index contributed by atoms with van der Waals surface area (Å²) in [4.78, 5) is 22.3. The maximum absolute atomic E-state index is 11.5. The van der Waals surface area contributed by atoms with Crippen molar-refractivity contribution in [3.63, 3.8) is 0 Å². The number of aryl methyl sites for hydroxylation is 2. The number of carbonyl (C=O) groups excluding carboxylic acids is 2. The quantitative estimate of drug-likeness (QED) is 0.567. The molecule has 0 aromatic heterocycles. The zero-order valence-electron chi connectivity index (χ0n) is 9.79. The van der Waals surface area contributed by atoms with Gasteiger partial charge in [-0.15, -0.1) is 0 Å². The maximum atomic E-state index is 11.5. The molecule has 1 aromatic carbocycles. The maximum Gasteiger partial charge on any atom is 0.338 e. The number of ether oxygens (including phenoxy) is 2. The molecule has 0 fully saturated rings. The number of benzene rings is 1. The Hall–Kier alpha value is -1.84. The van der Waals surface area contributed by atoms with Gasteiger partial charge in [-0.1, -0.05) is 0 Å². The van der Waals surface area contributed by atoms with Gasteiger partial charge in [0, 0.05) is 6.92 Å². The lowest BCUT2D eigenvalue weighted by atomic mass is 10.0. The van der Waals surface area contributed by atoms with E-state index in [1.54, 1.807) is 26.0 Å². The van der Waals surface area contributed by atoms with Gasteiger partial charge in [0.15, 0.2) is 0 Å². The molecule has 1 aromatic rings. The minimum absolute atomic E-state index is 0.385. The van der Waals surface area contributed by atoms with Crippen molar-refractivity contribution in [2.45, 2.75) is 20.8 Å². The summed E-state index contributed by atoms with van der Waals surface area (Å²) in [6, 6.07) is 3.28. The lowest BCUT2D eigenvalue weighted by Gasteiger charge is -2.10. The molecular formula is C12H14O4. The Kier molecular flexibility index (Phi) is 3.66. The van der Waals surface area contributed by atoms with Crippen LogP contribution in [0.25, 0.3) is 0 Å². The number of hydrogen-bond acceptors (Lipinski definition) is 4. The van der Waals surface area contributed by atoms with Gasteiger partial charge in [-0.3, -0.25) is 4.79 Å². The second-order valence-corrected chi connectivity index (χ2v) is 3.52. The molecule has 86 valence electrons. The van der Waals surface area contributed by atoms with Gasteiger partial charge in [0.05, 0.1) is 12.7 Å². The third-order valence-electron chi connectivity index (χ3n) is 2.16. The fraction of sp³-hybridized carbons (Fsp3) is 0.333. The van der Waals surface area contributed by atoms with Crippen molar-refractivity contribution in [2.75, 3.05) is 7.11 Å². The molecular weight excluding hydrogens is 208 g/mol. The Labute approximate surface area is 94.2 Å². The standard InChI is InChI=1S/C12H14O4/c1-7-5-10(16-9(3)13)6-8(2)11(7)12(14)15-4/h5-6H,1-4H3. The molecule has 0 amide bonds. The van der Waals surface area contributed by atoms with Crippen molar-refractivity contribution in [2.24, 2.45) is 0 Å². The molecule has 0 radical (unpaired) electrons. The molecule has 0 aliphatic rings. The zero-order valence-corrected chi connectivity index (χ0v) is 9.79. The van der Waals surface area contributed by atoms with Gasteiger partial charge in [-0.05, 0) is 37.1 Å². The first-order chi connectivity index (χ1) is 7.45.